The van der Waals surface area contributed by atoms with Crippen LogP contribution in [0.2, 0.25) is 0 Å². The second-order valence-corrected chi connectivity index (χ2v) is 6.54. The van der Waals surface area contributed by atoms with Gasteiger partial charge in [0.2, 0.25) is 11.6 Å². The highest BCUT2D eigenvalue weighted by molar-refractivity contribution is 7.13. The van der Waals surface area contributed by atoms with Gasteiger partial charge in [-0.3, -0.25) is 4.79 Å². The van der Waals surface area contributed by atoms with E-state index in [-0.39, 0.29) is 17.3 Å². The molecule has 0 radical (unpaired) electrons. The summed E-state index contributed by atoms with van der Waals surface area (Å²) in [5, 5.41) is 21.1. The second-order valence-electron chi connectivity index (χ2n) is 5.59. The third-order valence-corrected chi connectivity index (χ3v) is 4.72. The SMILES string of the molecule is COc1ccccc1/C=N\NC(=O)c1nnn(-c2nonc2N)c1-c1cccs1. The number of methoxy groups -OCH3 is 1. The number of hydrogen-bond acceptors (Lipinski definition) is 10. The lowest BCUT2D eigenvalue weighted by Crippen LogP contribution is -2.19. The second kappa shape index (κ2) is 7.90. The summed E-state index contributed by atoms with van der Waals surface area (Å²) in [6.07, 6.45) is 1.48. The first-order valence-electron chi connectivity index (χ1n) is 8.23. The van der Waals surface area contributed by atoms with Crippen LogP contribution in [0.3, 0.4) is 0 Å². The Morgan fingerprint density at radius 3 is 2.90 bits per heavy atom. The van der Waals surface area contributed by atoms with Gasteiger partial charge >= 0.3 is 0 Å². The van der Waals surface area contributed by atoms with Crippen LogP contribution in [0.4, 0.5) is 5.82 Å². The van der Waals surface area contributed by atoms with Crippen LogP contribution < -0.4 is 15.9 Å². The van der Waals surface area contributed by atoms with Crippen molar-refractivity contribution in [1.82, 2.24) is 30.7 Å². The molecule has 146 valence electrons. The smallest absolute Gasteiger partial charge is 0.294 e. The van der Waals surface area contributed by atoms with E-state index in [1.165, 1.54) is 22.2 Å². The quantitative estimate of drug-likeness (QED) is 0.361. The number of rotatable bonds is 6. The van der Waals surface area contributed by atoms with E-state index in [4.69, 9.17) is 10.5 Å². The van der Waals surface area contributed by atoms with Crippen LogP contribution >= 0.6 is 11.3 Å². The van der Waals surface area contributed by atoms with Crippen molar-refractivity contribution in [3.8, 4) is 22.1 Å². The Morgan fingerprint density at radius 2 is 2.17 bits per heavy atom. The monoisotopic (exact) mass is 410 g/mol. The number of carbonyl (C=O) groups excluding carboxylic acids is 1. The molecule has 0 saturated carbocycles. The molecule has 0 spiro atoms. The number of anilines is 1. The van der Waals surface area contributed by atoms with Crippen molar-refractivity contribution in [1.29, 1.82) is 0 Å². The number of amides is 1. The number of nitrogens with two attached hydrogens (primary N) is 1. The maximum atomic E-state index is 12.7. The molecule has 3 aromatic heterocycles. The first kappa shape index (κ1) is 18.3. The minimum Gasteiger partial charge on any atom is -0.496 e. The summed E-state index contributed by atoms with van der Waals surface area (Å²) >= 11 is 1.40. The predicted molar refractivity (Wildman–Crippen MR) is 105 cm³/mol. The molecule has 1 aromatic carbocycles. The fourth-order valence-corrected chi connectivity index (χ4v) is 3.30. The van der Waals surface area contributed by atoms with Crippen LogP contribution in [0.1, 0.15) is 16.1 Å². The third kappa shape index (κ3) is 3.55. The minimum absolute atomic E-state index is 0.0221. The lowest BCUT2D eigenvalue weighted by Gasteiger charge is -2.04. The Morgan fingerprint density at radius 1 is 1.31 bits per heavy atom. The number of para-hydroxylation sites is 1. The summed E-state index contributed by atoms with van der Waals surface area (Å²) in [5.74, 6) is 0.233. The molecule has 0 saturated heterocycles. The van der Waals surface area contributed by atoms with Crippen molar-refractivity contribution >= 4 is 29.3 Å². The topological polar surface area (TPSA) is 146 Å². The van der Waals surface area contributed by atoms with Gasteiger partial charge in [-0.15, -0.1) is 16.4 Å². The molecule has 12 heteroatoms. The number of aromatic nitrogens is 5. The molecular weight excluding hydrogens is 396 g/mol. The van der Waals surface area contributed by atoms with Crippen molar-refractivity contribution < 1.29 is 14.2 Å². The maximum Gasteiger partial charge on any atom is 0.294 e. The number of thiophene rings is 1. The van der Waals surface area contributed by atoms with Crippen LogP contribution in [-0.2, 0) is 0 Å². The van der Waals surface area contributed by atoms with Gasteiger partial charge in [0.05, 0.1) is 18.2 Å². The molecule has 0 aliphatic carbocycles. The molecule has 0 aliphatic heterocycles. The summed E-state index contributed by atoms with van der Waals surface area (Å²) in [4.78, 5) is 13.4. The number of nitrogens with one attached hydrogen (secondary N) is 1. The lowest BCUT2D eigenvalue weighted by atomic mass is 10.2. The van der Waals surface area contributed by atoms with E-state index in [1.54, 1.807) is 13.2 Å². The molecule has 1 amide bonds. The normalized spacial score (nSPS) is 11.1. The van der Waals surface area contributed by atoms with E-state index in [2.05, 4.69) is 35.8 Å². The van der Waals surface area contributed by atoms with Gasteiger partial charge in [0.15, 0.2) is 5.69 Å². The van der Waals surface area contributed by atoms with Crippen molar-refractivity contribution in [3.63, 3.8) is 0 Å². The largest absolute Gasteiger partial charge is 0.496 e. The lowest BCUT2D eigenvalue weighted by molar-refractivity contribution is 0.0951. The molecular formula is C17H14N8O3S. The van der Waals surface area contributed by atoms with Crippen LogP contribution in [0.15, 0.2) is 51.5 Å². The zero-order valence-electron chi connectivity index (χ0n) is 15.0. The molecule has 0 aliphatic rings. The zero-order chi connectivity index (χ0) is 20.2. The van der Waals surface area contributed by atoms with E-state index in [1.807, 2.05) is 35.7 Å². The van der Waals surface area contributed by atoms with Crippen LogP contribution in [-0.4, -0.2) is 44.5 Å². The van der Waals surface area contributed by atoms with Gasteiger partial charge in [0.25, 0.3) is 5.91 Å². The van der Waals surface area contributed by atoms with Gasteiger partial charge in [0.1, 0.15) is 11.4 Å². The molecule has 3 N–H and O–H groups in total. The average molecular weight is 410 g/mol. The Balaban J connectivity index is 1.65. The van der Waals surface area contributed by atoms with Gasteiger partial charge < -0.3 is 10.5 Å². The number of nitrogens with zero attached hydrogens (tertiary/aromatic N) is 6. The summed E-state index contributed by atoms with van der Waals surface area (Å²) in [6.45, 7) is 0. The standard InChI is InChI=1S/C17H14N8O3S/c1-27-11-6-3-2-5-10(11)9-19-21-17(26)13-14(12-7-4-8-29-12)25(24-20-13)16-15(18)22-28-23-16/h2-9H,1H3,(H2,18,22)(H,21,26)/b19-9-. The molecule has 0 bridgehead atoms. The van der Waals surface area contributed by atoms with Crippen molar-refractivity contribution in [2.45, 2.75) is 0 Å². The van der Waals surface area contributed by atoms with Gasteiger partial charge in [-0.1, -0.05) is 23.4 Å². The van der Waals surface area contributed by atoms with Crippen molar-refractivity contribution in [2.75, 3.05) is 12.8 Å². The average Bonchev–Trinajstić information content (AvgIpc) is 3.48. The van der Waals surface area contributed by atoms with Crippen molar-refractivity contribution in [2.24, 2.45) is 5.10 Å². The first-order chi connectivity index (χ1) is 14.2. The van der Waals surface area contributed by atoms with E-state index in [0.717, 1.165) is 4.88 Å². The summed E-state index contributed by atoms with van der Waals surface area (Å²) in [5.41, 5.74) is 9.36. The molecule has 4 rings (SSSR count). The number of ether oxygens (including phenoxy) is 1. The Hall–Kier alpha value is -4.06. The number of hydrogen-bond donors (Lipinski definition) is 2. The van der Waals surface area contributed by atoms with E-state index < -0.39 is 5.91 Å². The third-order valence-electron chi connectivity index (χ3n) is 3.84. The fraction of sp³-hybridized carbons (Fsp3) is 0.0588. The van der Waals surface area contributed by atoms with Gasteiger partial charge in [0, 0.05) is 5.56 Å². The zero-order valence-corrected chi connectivity index (χ0v) is 15.8. The van der Waals surface area contributed by atoms with E-state index in [9.17, 15) is 4.79 Å². The Labute approximate surface area is 167 Å². The molecule has 11 nitrogen and oxygen atoms in total. The summed E-state index contributed by atoms with van der Waals surface area (Å²) < 4.78 is 11.2. The number of hydrazone groups is 1. The van der Waals surface area contributed by atoms with E-state index >= 15 is 0 Å². The van der Waals surface area contributed by atoms with Crippen LogP contribution in [0, 0.1) is 0 Å². The first-order valence-corrected chi connectivity index (χ1v) is 9.11. The highest BCUT2D eigenvalue weighted by Gasteiger charge is 2.25. The van der Waals surface area contributed by atoms with E-state index in [0.29, 0.717) is 17.0 Å². The molecule has 0 fully saturated rings. The molecule has 4 aromatic rings. The highest BCUT2D eigenvalue weighted by Crippen LogP contribution is 2.29. The Bertz CT molecular complexity index is 1170. The highest BCUT2D eigenvalue weighted by atomic mass is 32.1. The summed E-state index contributed by atoms with van der Waals surface area (Å²) in [7, 11) is 1.56. The molecule has 29 heavy (non-hydrogen) atoms. The summed E-state index contributed by atoms with van der Waals surface area (Å²) in [6, 6.07) is 10.9. The number of benzene rings is 1. The number of carbonyl (C=O) groups is 1. The fourth-order valence-electron chi connectivity index (χ4n) is 2.54. The van der Waals surface area contributed by atoms with Gasteiger partial charge in [-0.05, 0) is 33.9 Å². The Kier molecular flexibility index (Phi) is 4.99. The molecule has 0 unspecified atom stereocenters. The van der Waals surface area contributed by atoms with Gasteiger partial charge in [-0.25, -0.2) is 10.1 Å². The minimum atomic E-state index is -0.555. The molecule has 0 atom stereocenters. The predicted octanol–water partition coefficient (Wildman–Crippen LogP) is 1.73. The number of nitrogen functional groups attached to an aromatic ring is 1. The maximum absolute atomic E-state index is 12.7. The van der Waals surface area contributed by atoms with Gasteiger partial charge in [-0.2, -0.15) is 9.78 Å². The van der Waals surface area contributed by atoms with Crippen LogP contribution in [0.25, 0.3) is 16.4 Å². The molecule has 3 heterocycles. The van der Waals surface area contributed by atoms with Crippen LogP contribution in [0.5, 0.6) is 5.75 Å². The van der Waals surface area contributed by atoms with Crippen molar-refractivity contribution in [3.05, 3.63) is 53.0 Å².